The number of carbonyl (C=O) groups excluding carboxylic acids is 1. The van der Waals surface area contributed by atoms with Crippen LogP contribution < -0.4 is 15.4 Å². The topological polar surface area (TPSA) is 90.5 Å². The number of nitrogens with zero attached hydrogens (tertiary/aromatic N) is 1. The molecule has 0 atom stereocenters. The van der Waals surface area contributed by atoms with E-state index in [-0.39, 0.29) is 29.1 Å². The predicted octanol–water partition coefficient (Wildman–Crippen LogP) is -0.530. The fraction of sp³-hybridized carbons (Fsp3) is 0.583. The summed E-state index contributed by atoms with van der Waals surface area (Å²) in [5.74, 6) is -0.315. The Morgan fingerprint density at radius 3 is 2.73 bits per heavy atom. The first kappa shape index (κ1) is 19.3. The van der Waals surface area contributed by atoms with Gasteiger partial charge < -0.3 is 10.6 Å². The van der Waals surface area contributed by atoms with Gasteiger partial charge in [0.15, 0.2) is 0 Å². The molecule has 2 heterocycles. The van der Waals surface area contributed by atoms with Gasteiger partial charge in [-0.15, -0.1) is 23.7 Å². The zero-order valence-electron chi connectivity index (χ0n) is 12.1. The van der Waals surface area contributed by atoms with Gasteiger partial charge in [-0.1, -0.05) is 6.07 Å². The maximum atomic E-state index is 11.8. The van der Waals surface area contributed by atoms with E-state index in [1.165, 1.54) is 6.07 Å². The number of amides is 1. The molecule has 1 aliphatic heterocycles. The fourth-order valence-corrected chi connectivity index (χ4v) is 4.02. The molecule has 7 nitrogen and oxygen atoms in total. The molecule has 1 aromatic rings. The first-order chi connectivity index (χ1) is 10.1. The van der Waals surface area contributed by atoms with Gasteiger partial charge in [-0.25, -0.2) is 13.1 Å². The Balaban J connectivity index is 0.00000242. The minimum atomic E-state index is -3.57. The lowest BCUT2D eigenvalue weighted by molar-refractivity contribution is -0.120. The number of carbonyl (C=O) groups is 1. The standard InChI is InChI=1S/C12H20N4O3S2.ClH/c17-11(14-5-8-16-6-3-13-4-7-16)10-15-21(18,19)12-2-1-9-20-12;/h1-2,9,13,15H,3-8,10H2,(H,14,17);1H. The molecule has 1 fully saturated rings. The van der Waals surface area contributed by atoms with Crippen molar-refractivity contribution >= 4 is 39.7 Å². The van der Waals surface area contributed by atoms with Crippen LogP contribution in [0.2, 0.25) is 0 Å². The summed E-state index contributed by atoms with van der Waals surface area (Å²) >= 11 is 1.12. The van der Waals surface area contributed by atoms with E-state index in [4.69, 9.17) is 0 Å². The molecule has 10 heteroatoms. The molecule has 2 rings (SSSR count). The zero-order chi connectivity index (χ0) is 15.1. The van der Waals surface area contributed by atoms with E-state index >= 15 is 0 Å². The molecule has 1 amide bonds. The van der Waals surface area contributed by atoms with E-state index in [0.29, 0.717) is 6.54 Å². The van der Waals surface area contributed by atoms with Crippen molar-refractivity contribution in [3.63, 3.8) is 0 Å². The quantitative estimate of drug-likeness (QED) is 0.602. The van der Waals surface area contributed by atoms with E-state index in [2.05, 4.69) is 20.3 Å². The largest absolute Gasteiger partial charge is 0.354 e. The molecule has 3 N–H and O–H groups in total. The van der Waals surface area contributed by atoms with Crippen LogP contribution in [0.3, 0.4) is 0 Å². The molecule has 0 aliphatic carbocycles. The zero-order valence-corrected chi connectivity index (χ0v) is 14.5. The van der Waals surface area contributed by atoms with Crippen LogP contribution in [0.1, 0.15) is 0 Å². The number of hydrogen-bond acceptors (Lipinski definition) is 6. The molecule has 126 valence electrons. The summed E-state index contributed by atoms with van der Waals surface area (Å²) in [6, 6.07) is 3.17. The second-order valence-electron chi connectivity index (χ2n) is 4.70. The summed E-state index contributed by atoms with van der Waals surface area (Å²) in [6.07, 6.45) is 0. The number of rotatable bonds is 7. The number of thiophene rings is 1. The molecule has 0 spiro atoms. The first-order valence-electron chi connectivity index (χ1n) is 6.81. The Hall–Kier alpha value is -0.710. The van der Waals surface area contributed by atoms with Gasteiger partial charge in [-0.3, -0.25) is 9.69 Å². The molecular weight excluding hydrogens is 348 g/mol. The lowest BCUT2D eigenvalue weighted by Gasteiger charge is -2.27. The molecule has 0 saturated carbocycles. The maximum absolute atomic E-state index is 11.8. The van der Waals surface area contributed by atoms with Gasteiger partial charge in [0.05, 0.1) is 6.54 Å². The highest BCUT2D eigenvalue weighted by Gasteiger charge is 2.16. The highest BCUT2D eigenvalue weighted by atomic mass is 35.5. The molecule has 0 unspecified atom stereocenters. The first-order valence-corrected chi connectivity index (χ1v) is 9.17. The number of halogens is 1. The molecule has 22 heavy (non-hydrogen) atoms. The molecule has 0 bridgehead atoms. The highest BCUT2D eigenvalue weighted by molar-refractivity contribution is 7.91. The van der Waals surface area contributed by atoms with Crippen LogP contribution >= 0.6 is 23.7 Å². The Morgan fingerprint density at radius 1 is 1.36 bits per heavy atom. The molecule has 1 saturated heterocycles. The summed E-state index contributed by atoms with van der Waals surface area (Å²) in [5.41, 5.74) is 0. The average Bonchev–Trinajstić information content (AvgIpc) is 3.01. The minimum absolute atomic E-state index is 0. The molecule has 0 radical (unpaired) electrons. The van der Waals surface area contributed by atoms with E-state index in [0.717, 1.165) is 44.1 Å². The van der Waals surface area contributed by atoms with Crippen molar-refractivity contribution in [2.75, 3.05) is 45.8 Å². The minimum Gasteiger partial charge on any atom is -0.354 e. The number of sulfonamides is 1. The lowest BCUT2D eigenvalue weighted by atomic mass is 10.3. The van der Waals surface area contributed by atoms with Crippen molar-refractivity contribution in [2.24, 2.45) is 0 Å². The molecule has 0 aromatic carbocycles. The summed E-state index contributed by atoms with van der Waals surface area (Å²) < 4.78 is 26.2. The maximum Gasteiger partial charge on any atom is 0.250 e. The van der Waals surface area contributed by atoms with Crippen molar-refractivity contribution < 1.29 is 13.2 Å². The van der Waals surface area contributed by atoms with Crippen LogP contribution in [0.25, 0.3) is 0 Å². The molecular formula is C12H21ClN4O3S2. The van der Waals surface area contributed by atoms with Crippen molar-refractivity contribution in [2.45, 2.75) is 4.21 Å². The van der Waals surface area contributed by atoms with Gasteiger partial charge >= 0.3 is 0 Å². The second-order valence-corrected chi connectivity index (χ2v) is 7.64. The SMILES string of the molecule is Cl.O=C(CNS(=O)(=O)c1cccs1)NCCN1CCNCC1. The predicted molar refractivity (Wildman–Crippen MR) is 89.1 cm³/mol. The Bertz CT molecular complexity index is 545. The van der Waals surface area contributed by atoms with Crippen molar-refractivity contribution in [1.29, 1.82) is 0 Å². The Labute approximate surface area is 140 Å². The van der Waals surface area contributed by atoms with E-state index < -0.39 is 10.0 Å². The van der Waals surface area contributed by atoms with Gasteiger partial charge in [0.25, 0.3) is 10.0 Å². The third kappa shape index (κ3) is 6.19. The number of nitrogens with one attached hydrogen (secondary N) is 3. The molecule has 1 aromatic heterocycles. The van der Waals surface area contributed by atoms with Crippen LogP contribution in [0.4, 0.5) is 0 Å². The van der Waals surface area contributed by atoms with Gasteiger partial charge in [-0.2, -0.15) is 0 Å². The van der Waals surface area contributed by atoms with Crippen molar-refractivity contribution in [1.82, 2.24) is 20.3 Å². The summed E-state index contributed by atoms with van der Waals surface area (Å²) in [7, 11) is -3.57. The van der Waals surface area contributed by atoms with Crippen LogP contribution in [0.5, 0.6) is 0 Å². The van der Waals surface area contributed by atoms with Gasteiger partial charge in [0.1, 0.15) is 4.21 Å². The third-order valence-electron chi connectivity index (χ3n) is 3.14. The van der Waals surface area contributed by atoms with Gasteiger partial charge in [0.2, 0.25) is 5.91 Å². The fourth-order valence-electron chi connectivity index (χ4n) is 2.00. The normalized spacial score (nSPS) is 16.0. The smallest absolute Gasteiger partial charge is 0.250 e. The highest BCUT2D eigenvalue weighted by Crippen LogP contribution is 2.14. The lowest BCUT2D eigenvalue weighted by Crippen LogP contribution is -2.47. The molecule has 1 aliphatic rings. The van der Waals surface area contributed by atoms with E-state index in [9.17, 15) is 13.2 Å². The van der Waals surface area contributed by atoms with Crippen molar-refractivity contribution in [3.05, 3.63) is 17.5 Å². The van der Waals surface area contributed by atoms with Crippen LogP contribution in [-0.4, -0.2) is 65.0 Å². The summed E-state index contributed by atoms with van der Waals surface area (Å²) in [4.78, 5) is 13.9. The van der Waals surface area contributed by atoms with Crippen LogP contribution in [0, 0.1) is 0 Å². The van der Waals surface area contributed by atoms with Gasteiger partial charge in [-0.05, 0) is 11.4 Å². The summed E-state index contributed by atoms with van der Waals surface area (Å²) in [6.45, 7) is 4.96. The van der Waals surface area contributed by atoms with Gasteiger partial charge in [0, 0.05) is 39.3 Å². The second kappa shape index (κ2) is 9.43. The summed E-state index contributed by atoms with van der Waals surface area (Å²) in [5, 5.41) is 7.67. The monoisotopic (exact) mass is 368 g/mol. The van der Waals surface area contributed by atoms with E-state index in [1.807, 2.05) is 0 Å². The Morgan fingerprint density at radius 2 is 2.09 bits per heavy atom. The van der Waals surface area contributed by atoms with Crippen LogP contribution in [0.15, 0.2) is 21.7 Å². The van der Waals surface area contributed by atoms with Crippen LogP contribution in [-0.2, 0) is 14.8 Å². The van der Waals surface area contributed by atoms with E-state index in [1.54, 1.807) is 11.4 Å². The Kier molecular flexibility index (Phi) is 8.29. The number of piperazine rings is 1. The average molecular weight is 369 g/mol. The third-order valence-corrected chi connectivity index (χ3v) is 5.94. The number of hydrogen-bond donors (Lipinski definition) is 3. The van der Waals surface area contributed by atoms with Crippen molar-refractivity contribution in [3.8, 4) is 0 Å².